The SMILES string of the molecule is CC(C)(C#N)c1ccc(C(=O)N2CC3C(CNC(=O)c4[c]ccc(N5CCOCC5)n4)C3C2)cc1. The highest BCUT2D eigenvalue weighted by atomic mass is 16.5. The second kappa shape index (κ2) is 9.31. The molecule has 181 valence electrons. The van der Waals surface area contributed by atoms with Gasteiger partial charge in [0.05, 0.1) is 24.7 Å². The molecule has 0 bridgehead atoms. The summed E-state index contributed by atoms with van der Waals surface area (Å²) in [6.07, 6.45) is 0. The molecule has 1 radical (unpaired) electrons. The fourth-order valence-electron chi connectivity index (χ4n) is 5.15. The van der Waals surface area contributed by atoms with E-state index in [2.05, 4.69) is 27.3 Å². The molecule has 8 heteroatoms. The maximum Gasteiger partial charge on any atom is 0.270 e. The van der Waals surface area contributed by atoms with Gasteiger partial charge in [0, 0.05) is 44.4 Å². The molecule has 1 N–H and O–H groups in total. The topological polar surface area (TPSA) is 98.6 Å². The third kappa shape index (κ3) is 4.73. The smallest absolute Gasteiger partial charge is 0.270 e. The van der Waals surface area contributed by atoms with Crippen LogP contribution < -0.4 is 10.2 Å². The molecule has 3 fully saturated rings. The van der Waals surface area contributed by atoms with Gasteiger partial charge in [0.1, 0.15) is 11.5 Å². The van der Waals surface area contributed by atoms with Crippen molar-refractivity contribution >= 4 is 17.6 Å². The molecule has 2 aliphatic heterocycles. The van der Waals surface area contributed by atoms with Crippen LogP contribution in [0.2, 0.25) is 0 Å². The van der Waals surface area contributed by atoms with E-state index < -0.39 is 5.41 Å². The molecule has 8 nitrogen and oxygen atoms in total. The monoisotopic (exact) mass is 472 g/mol. The molecular formula is C27H30N5O3. The van der Waals surface area contributed by atoms with Crippen LogP contribution in [-0.2, 0) is 10.2 Å². The summed E-state index contributed by atoms with van der Waals surface area (Å²) in [5, 5.41) is 12.3. The summed E-state index contributed by atoms with van der Waals surface area (Å²) in [5.74, 6) is 1.84. The lowest BCUT2D eigenvalue weighted by atomic mass is 9.86. The van der Waals surface area contributed by atoms with E-state index in [1.165, 1.54) is 0 Å². The van der Waals surface area contributed by atoms with Gasteiger partial charge in [-0.25, -0.2) is 4.98 Å². The van der Waals surface area contributed by atoms with Crippen LogP contribution in [0, 0.1) is 35.2 Å². The van der Waals surface area contributed by atoms with Crippen molar-refractivity contribution in [3.8, 4) is 6.07 Å². The van der Waals surface area contributed by atoms with Gasteiger partial charge < -0.3 is 19.9 Å². The largest absolute Gasteiger partial charge is 0.378 e. The number of hydrogen-bond donors (Lipinski definition) is 1. The van der Waals surface area contributed by atoms with Crippen LogP contribution in [0.1, 0.15) is 40.3 Å². The number of aromatic nitrogens is 1. The molecule has 3 heterocycles. The van der Waals surface area contributed by atoms with Gasteiger partial charge in [-0.15, -0.1) is 0 Å². The number of benzene rings is 1. The number of likely N-dealkylation sites (tertiary alicyclic amines) is 1. The first-order valence-electron chi connectivity index (χ1n) is 12.2. The Kier molecular flexibility index (Phi) is 6.20. The lowest BCUT2D eigenvalue weighted by molar-refractivity contribution is 0.0764. The van der Waals surface area contributed by atoms with Gasteiger partial charge in [-0.05, 0) is 61.4 Å². The van der Waals surface area contributed by atoms with Crippen LogP contribution in [0.4, 0.5) is 5.82 Å². The van der Waals surface area contributed by atoms with Crippen molar-refractivity contribution in [2.75, 3.05) is 50.8 Å². The summed E-state index contributed by atoms with van der Waals surface area (Å²) in [6, 6.07) is 16.2. The molecule has 2 amide bonds. The maximum atomic E-state index is 12.9. The van der Waals surface area contributed by atoms with Gasteiger partial charge in [-0.1, -0.05) is 12.1 Å². The minimum absolute atomic E-state index is 0.0278. The summed E-state index contributed by atoms with van der Waals surface area (Å²) in [4.78, 5) is 34.1. The van der Waals surface area contributed by atoms with E-state index in [-0.39, 0.29) is 11.8 Å². The van der Waals surface area contributed by atoms with E-state index in [0.717, 1.165) is 24.5 Å². The zero-order valence-corrected chi connectivity index (χ0v) is 20.2. The third-order valence-electron chi connectivity index (χ3n) is 7.52. The standard InChI is InChI=1S/C27H30N5O3/c1-27(2,17-28)19-8-6-18(7-9-19)26(34)32-15-21-20(22(21)16-32)14-29-25(33)23-4-3-5-24(30-23)31-10-12-35-13-11-31/h3,5-9,20-22H,10-16H2,1-2H3,(H,29,33). The predicted octanol–water partition coefficient (Wildman–Crippen LogP) is 2.27. The predicted molar refractivity (Wildman–Crippen MR) is 130 cm³/mol. The fraction of sp³-hybridized carbons (Fsp3) is 0.481. The summed E-state index contributed by atoms with van der Waals surface area (Å²) in [5.41, 5.74) is 1.28. The minimum Gasteiger partial charge on any atom is -0.378 e. The van der Waals surface area contributed by atoms with Crippen molar-refractivity contribution in [2.24, 2.45) is 17.8 Å². The van der Waals surface area contributed by atoms with Gasteiger partial charge in [-0.2, -0.15) is 5.26 Å². The number of hydrogen-bond acceptors (Lipinski definition) is 6. The summed E-state index contributed by atoms with van der Waals surface area (Å²) < 4.78 is 5.38. The summed E-state index contributed by atoms with van der Waals surface area (Å²) in [7, 11) is 0. The molecule has 2 aromatic rings. The number of amides is 2. The first-order valence-corrected chi connectivity index (χ1v) is 12.2. The Morgan fingerprint density at radius 1 is 1.17 bits per heavy atom. The Morgan fingerprint density at radius 2 is 1.86 bits per heavy atom. The highest BCUT2D eigenvalue weighted by Gasteiger charge is 2.56. The van der Waals surface area contributed by atoms with Crippen LogP contribution >= 0.6 is 0 Å². The zero-order valence-electron chi connectivity index (χ0n) is 20.2. The normalized spacial score (nSPS) is 23.4. The van der Waals surface area contributed by atoms with Gasteiger partial charge in [-0.3, -0.25) is 9.59 Å². The van der Waals surface area contributed by atoms with Gasteiger partial charge in [0.25, 0.3) is 11.8 Å². The van der Waals surface area contributed by atoms with Crippen LogP contribution in [0.3, 0.4) is 0 Å². The zero-order chi connectivity index (χ0) is 24.6. The Balaban J connectivity index is 1.11. The Labute approximate surface area is 205 Å². The van der Waals surface area contributed by atoms with Crippen molar-refractivity contribution in [1.82, 2.24) is 15.2 Å². The first kappa shape index (κ1) is 23.3. The van der Waals surface area contributed by atoms with Crippen LogP contribution in [0.5, 0.6) is 0 Å². The molecule has 5 rings (SSSR count). The highest BCUT2D eigenvalue weighted by molar-refractivity contribution is 5.94. The van der Waals surface area contributed by atoms with Crippen molar-refractivity contribution in [3.05, 3.63) is 59.3 Å². The first-order chi connectivity index (χ1) is 16.9. The lowest BCUT2D eigenvalue weighted by Crippen LogP contribution is -2.37. The Morgan fingerprint density at radius 3 is 2.51 bits per heavy atom. The molecule has 2 unspecified atom stereocenters. The van der Waals surface area contributed by atoms with E-state index in [0.29, 0.717) is 61.9 Å². The van der Waals surface area contributed by atoms with Gasteiger partial charge in [0.15, 0.2) is 0 Å². The average molecular weight is 473 g/mol. The number of morpholine rings is 1. The number of carbonyl (C=O) groups is 2. The maximum absolute atomic E-state index is 12.9. The second-order valence-corrected chi connectivity index (χ2v) is 10.1. The Bertz CT molecular complexity index is 1140. The number of anilines is 1. The minimum atomic E-state index is -0.578. The van der Waals surface area contributed by atoms with Gasteiger partial charge in [0.2, 0.25) is 0 Å². The van der Waals surface area contributed by atoms with Crippen molar-refractivity contribution < 1.29 is 14.3 Å². The third-order valence-corrected chi connectivity index (χ3v) is 7.52. The molecule has 1 aliphatic carbocycles. The van der Waals surface area contributed by atoms with Gasteiger partial charge >= 0.3 is 0 Å². The number of pyridine rings is 1. The number of nitrogens with one attached hydrogen (secondary N) is 1. The van der Waals surface area contributed by atoms with E-state index >= 15 is 0 Å². The molecule has 1 aromatic heterocycles. The number of carbonyl (C=O) groups excluding carboxylic acids is 2. The second-order valence-electron chi connectivity index (χ2n) is 10.1. The van der Waals surface area contributed by atoms with E-state index in [1.807, 2.05) is 49.1 Å². The molecular weight excluding hydrogens is 442 g/mol. The molecule has 1 aromatic carbocycles. The van der Waals surface area contributed by atoms with Crippen molar-refractivity contribution in [2.45, 2.75) is 19.3 Å². The van der Waals surface area contributed by atoms with Crippen molar-refractivity contribution in [1.29, 1.82) is 5.26 Å². The molecule has 0 spiro atoms. The number of fused-ring (bicyclic) bond motifs is 1. The van der Waals surface area contributed by atoms with E-state index in [4.69, 9.17) is 4.74 Å². The van der Waals surface area contributed by atoms with E-state index in [9.17, 15) is 14.9 Å². The highest BCUT2D eigenvalue weighted by Crippen LogP contribution is 2.51. The quantitative estimate of drug-likeness (QED) is 0.693. The number of rotatable bonds is 6. The summed E-state index contributed by atoms with van der Waals surface area (Å²) in [6.45, 7) is 8.61. The molecule has 35 heavy (non-hydrogen) atoms. The average Bonchev–Trinajstić information content (AvgIpc) is 3.35. The lowest BCUT2D eigenvalue weighted by Gasteiger charge is -2.27. The van der Waals surface area contributed by atoms with Crippen molar-refractivity contribution in [3.63, 3.8) is 0 Å². The molecule has 2 atom stereocenters. The fourth-order valence-corrected chi connectivity index (χ4v) is 5.15. The Hall–Kier alpha value is -3.44. The molecule has 2 saturated heterocycles. The van der Waals surface area contributed by atoms with Crippen LogP contribution in [0.25, 0.3) is 0 Å². The van der Waals surface area contributed by atoms with Crippen LogP contribution in [0.15, 0.2) is 36.4 Å². The molecule has 3 aliphatic rings. The summed E-state index contributed by atoms with van der Waals surface area (Å²) >= 11 is 0. The van der Waals surface area contributed by atoms with Crippen LogP contribution in [-0.4, -0.2) is 67.6 Å². The number of piperidine rings is 1. The number of ether oxygens (including phenoxy) is 1. The number of nitriles is 1. The van der Waals surface area contributed by atoms with E-state index in [1.54, 1.807) is 6.07 Å². The number of nitrogens with zero attached hydrogens (tertiary/aromatic N) is 4. The molecule has 1 saturated carbocycles.